The van der Waals surface area contributed by atoms with E-state index in [9.17, 15) is 21.6 Å². The van der Waals surface area contributed by atoms with Gasteiger partial charge >= 0.3 is 15.5 Å². The lowest BCUT2D eigenvalue weighted by Crippen LogP contribution is -2.47. The lowest BCUT2D eigenvalue weighted by molar-refractivity contribution is -0.0496. The molecule has 2 aliphatic heterocycles. The molecule has 0 radical (unpaired) electrons. The first-order valence-electron chi connectivity index (χ1n) is 8.36. The Hall–Kier alpha value is -0.340. The first-order chi connectivity index (χ1) is 11.7. The Kier molecular flexibility index (Phi) is 9.36. The van der Waals surface area contributed by atoms with E-state index in [4.69, 9.17) is 4.74 Å². The van der Waals surface area contributed by atoms with Gasteiger partial charge < -0.3 is 15.4 Å². The summed E-state index contributed by atoms with van der Waals surface area (Å²) >= 11 is 0. The second-order valence-corrected chi connectivity index (χ2v) is 8.19. The largest absolute Gasteiger partial charge is 0.511 e. The van der Waals surface area contributed by atoms with Crippen molar-refractivity contribution in [3.63, 3.8) is 0 Å². The Balaban J connectivity index is 0.00000338. The number of nitrogens with zero attached hydrogens (tertiary/aromatic N) is 2. The predicted octanol–water partition coefficient (Wildman–Crippen LogP) is 1.51. The van der Waals surface area contributed by atoms with Crippen LogP contribution in [-0.4, -0.2) is 70.1 Å². The summed E-state index contributed by atoms with van der Waals surface area (Å²) in [6.45, 7) is 1.73. The molecular formula is C14H26F3IN4O3S. The quantitative estimate of drug-likeness (QED) is 0.330. The highest BCUT2D eigenvalue weighted by Gasteiger charge is 2.50. The Morgan fingerprint density at radius 1 is 1.19 bits per heavy atom. The Morgan fingerprint density at radius 3 is 2.31 bits per heavy atom. The van der Waals surface area contributed by atoms with Crippen LogP contribution >= 0.6 is 24.0 Å². The standard InChI is InChI=1S/C14H25F3N4O3S.HI/c1-18-13(20-10-12-3-2-8-24-12)19-9-11-4-6-21(7-5-11)25(22,23)14(15,16)17;/h11-12H,2-10H2,1H3,(H2,18,19,20);1H. The van der Waals surface area contributed by atoms with Crippen LogP contribution in [-0.2, 0) is 14.8 Å². The molecular weight excluding hydrogens is 488 g/mol. The maximum absolute atomic E-state index is 12.6. The average molecular weight is 514 g/mol. The summed E-state index contributed by atoms with van der Waals surface area (Å²) < 4.78 is 66.5. The van der Waals surface area contributed by atoms with Gasteiger partial charge in [0, 0.05) is 39.8 Å². The molecule has 0 aromatic rings. The summed E-state index contributed by atoms with van der Waals surface area (Å²) in [5.41, 5.74) is -5.23. The van der Waals surface area contributed by atoms with E-state index < -0.39 is 15.5 Å². The fraction of sp³-hybridized carbons (Fsp3) is 0.929. The van der Waals surface area contributed by atoms with E-state index in [2.05, 4.69) is 15.6 Å². The molecule has 154 valence electrons. The van der Waals surface area contributed by atoms with Crippen LogP contribution in [0.1, 0.15) is 25.7 Å². The van der Waals surface area contributed by atoms with Crippen molar-refractivity contribution in [2.75, 3.05) is 39.8 Å². The molecule has 1 atom stereocenters. The van der Waals surface area contributed by atoms with Crippen LogP contribution in [0.3, 0.4) is 0 Å². The highest BCUT2D eigenvalue weighted by molar-refractivity contribution is 14.0. The minimum atomic E-state index is -5.23. The number of aliphatic imine (C=N–C) groups is 1. The zero-order valence-electron chi connectivity index (χ0n) is 14.6. The van der Waals surface area contributed by atoms with Gasteiger partial charge in [0.2, 0.25) is 0 Å². The third kappa shape index (κ3) is 6.37. The summed E-state index contributed by atoms with van der Waals surface area (Å²) in [6, 6.07) is 0. The molecule has 2 heterocycles. The van der Waals surface area contributed by atoms with Gasteiger partial charge in [-0.1, -0.05) is 0 Å². The highest BCUT2D eigenvalue weighted by atomic mass is 127. The van der Waals surface area contributed by atoms with Crippen molar-refractivity contribution < 1.29 is 26.3 Å². The average Bonchev–Trinajstić information content (AvgIpc) is 3.08. The first-order valence-corrected chi connectivity index (χ1v) is 9.80. The summed E-state index contributed by atoms with van der Waals surface area (Å²) in [7, 11) is -3.57. The van der Waals surface area contributed by atoms with Crippen LogP contribution in [0.15, 0.2) is 4.99 Å². The molecule has 0 bridgehead atoms. The lowest BCUT2D eigenvalue weighted by atomic mass is 9.98. The molecule has 2 aliphatic rings. The normalized spacial score (nSPS) is 23.5. The lowest BCUT2D eigenvalue weighted by Gasteiger charge is -2.31. The van der Waals surface area contributed by atoms with Gasteiger partial charge in [0.25, 0.3) is 0 Å². The predicted molar refractivity (Wildman–Crippen MR) is 103 cm³/mol. The summed E-state index contributed by atoms with van der Waals surface area (Å²) in [6.07, 6.45) is 3.00. The van der Waals surface area contributed by atoms with Gasteiger partial charge in [-0.05, 0) is 31.6 Å². The van der Waals surface area contributed by atoms with Crippen molar-refractivity contribution >= 4 is 40.0 Å². The fourth-order valence-corrected chi connectivity index (χ4v) is 3.96. The van der Waals surface area contributed by atoms with Crippen molar-refractivity contribution in [1.29, 1.82) is 0 Å². The van der Waals surface area contributed by atoms with Crippen LogP contribution in [0.5, 0.6) is 0 Å². The van der Waals surface area contributed by atoms with Gasteiger partial charge in [0.15, 0.2) is 5.96 Å². The second kappa shape index (κ2) is 10.3. The molecule has 0 spiro atoms. The number of halogens is 4. The highest BCUT2D eigenvalue weighted by Crippen LogP contribution is 2.30. The van der Waals surface area contributed by atoms with Gasteiger partial charge in [0.1, 0.15) is 0 Å². The molecule has 2 fully saturated rings. The van der Waals surface area contributed by atoms with E-state index in [1.54, 1.807) is 7.05 Å². The molecule has 0 aromatic heterocycles. The monoisotopic (exact) mass is 514 g/mol. The van der Waals surface area contributed by atoms with E-state index in [0.717, 1.165) is 19.4 Å². The number of hydrogen-bond donors (Lipinski definition) is 2. The van der Waals surface area contributed by atoms with Crippen molar-refractivity contribution in [3.8, 4) is 0 Å². The van der Waals surface area contributed by atoms with Crippen molar-refractivity contribution in [2.45, 2.75) is 37.3 Å². The van der Waals surface area contributed by atoms with E-state index >= 15 is 0 Å². The molecule has 0 aromatic carbocycles. The van der Waals surface area contributed by atoms with Gasteiger partial charge in [-0.3, -0.25) is 4.99 Å². The van der Waals surface area contributed by atoms with Gasteiger partial charge in [-0.15, -0.1) is 24.0 Å². The molecule has 0 aliphatic carbocycles. The molecule has 7 nitrogen and oxygen atoms in total. The molecule has 12 heteroatoms. The van der Waals surface area contributed by atoms with Gasteiger partial charge in [0.05, 0.1) is 6.10 Å². The number of sulfonamides is 1. The minimum Gasteiger partial charge on any atom is -0.376 e. The van der Waals surface area contributed by atoms with Crippen LogP contribution in [0, 0.1) is 5.92 Å². The van der Waals surface area contributed by atoms with Crippen molar-refractivity contribution in [1.82, 2.24) is 14.9 Å². The molecule has 2 N–H and O–H groups in total. The van der Waals surface area contributed by atoms with E-state index in [1.807, 2.05) is 0 Å². The zero-order chi connectivity index (χ0) is 18.5. The van der Waals surface area contributed by atoms with E-state index in [-0.39, 0.29) is 49.1 Å². The van der Waals surface area contributed by atoms with Crippen LogP contribution in [0.25, 0.3) is 0 Å². The first kappa shape index (κ1) is 23.7. The molecule has 1 unspecified atom stereocenters. The number of alkyl halides is 3. The molecule has 2 rings (SSSR count). The fourth-order valence-electron chi connectivity index (χ4n) is 2.98. The van der Waals surface area contributed by atoms with Crippen molar-refractivity contribution in [2.24, 2.45) is 10.9 Å². The third-order valence-corrected chi connectivity index (χ3v) is 6.14. The molecule has 0 saturated carbocycles. The Morgan fingerprint density at radius 2 is 1.81 bits per heavy atom. The number of rotatable bonds is 5. The Labute approximate surface area is 169 Å². The number of ether oxygens (including phenoxy) is 1. The smallest absolute Gasteiger partial charge is 0.376 e. The molecule has 0 amide bonds. The maximum Gasteiger partial charge on any atom is 0.511 e. The number of piperidine rings is 1. The third-order valence-electron chi connectivity index (χ3n) is 4.51. The minimum absolute atomic E-state index is 0. The maximum atomic E-state index is 12.6. The second-order valence-electron chi connectivity index (χ2n) is 6.26. The molecule has 2 saturated heterocycles. The van der Waals surface area contributed by atoms with E-state index in [0.29, 0.717) is 36.2 Å². The van der Waals surface area contributed by atoms with Crippen molar-refractivity contribution in [3.05, 3.63) is 0 Å². The van der Waals surface area contributed by atoms with Crippen LogP contribution < -0.4 is 10.6 Å². The van der Waals surface area contributed by atoms with E-state index in [1.165, 1.54) is 0 Å². The topological polar surface area (TPSA) is 83.0 Å². The number of guanidine groups is 1. The summed E-state index contributed by atoms with van der Waals surface area (Å²) in [4.78, 5) is 4.10. The zero-order valence-corrected chi connectivity index (χ0v) is 17.7. The van der Waals surface area contributed by atoms with Crippen LogP contribution in [0.2, 0.25) is 0 Å². The van der Waals surface area contributed by atoms with Gasteiger partial charge in [-0.25, -0.2) is 8.42 Å². The molecule has 26 heavy (non-hydrogen) atoms. The Bertz CT molecular complexity index is 560. The number of nitrogens with one attached hydrogen (secondary N) is 2. The summed E-state index contributed by atoms with van der Waals surface area (Å²) in [5, 5.41) is 6.30. The van der Waals surface area contributed by atoms with Crippen LogP contribution in [0.4, 0.5) is 13.2 Å². The summed E-state index contributed by atoms with van der Waals surface area (Å²) in [5.74, 6) is 0.710. The number of hydrogen-bond acceptors (Lipinski definition) is 4. The SMILES string of the molecule is CN=C(NCC1CCN(S(=O)(=O)C(F)(F)F)CC1)NCC1CCCO1.I. The van der Waals surface area contributed by atoms with Gasteiger partial charge in [-0.2, -0.15) is 17.5 Å².